The first-order chi connectivity index (χ1) is 10.1. The molecule has 6 heteroatoms. The van der Waals surface area contributed by atoms with Crippen molar-refractivity contribution in [1.82, 2.24) is 10.0 Å². The molecule has 1 unspecified atom stereocenters. The molecule has 0 aliphatic carbocycles. The number of nitrogens with one attached hydrogen (secondary N) is 2. The molecule has 0 amide bonds. The lowest BCUT2D eigenvalue weighted by Gasteiger charge is -2.16. The zero-order chi connectivity index (χ0) is 15.3. The number of benzene rings is 1. The summed E-state index contributed by atoms with van der Waals surface area (Å²) >= 11 is 1.57. The molecule has 0 saturated heterocycles. The van der Waals surface area contributed by atoms with Gasteiger partial charge in [-0.05, 0) is 42.6 Å². The third-order valence-electron chi connectivity index (χ3n) is 3.21. The van der Waals surface area contributed by atoms with E-state index < -0.39 is 10.0 Å². The van der Waals surface area contributed by atoms with Crippen LogP contribution in [0.4, 0.5) is 0 Å². The third-order valence-corrected chi connectivity index (χ3v) is 5.68. The number of hydrogen-bond donors (Lipinski definition) is 2. The molecule has 0 spiro atoms. The van der Waals surface area contributed by atoms with Gasteiger partial charge in [-0.3, -0.25) is 0 Å². The van der Waals surface area contributed by atoms with Crippen LogP contribution in [0.5, 0.6) is 0 Å². The molecule has 1 aromatic heterocycles. The molecule has 0 bridgehead atoms. The maximum absolute atomic E-state index is 12.4. The van der Waals surface area contributed by atoms with Crippen molar-refractivity contribution in [3.05, 3.63) is 52.2 Å². The number of thiophene rings is 1. The minimum absolute atomic E-state index is 0.174. The van der Waals surface area contributed by atoms with Gasteiger partial charge in [-0.2, -0.15) is 0 Å². The second kappa shape index (κ2) is 7.17. The van der Waals surface area contributed by atoms with Gasteiger partial charge in [-0.15, -0.1) is 11.3 Å². The summed E-state index contributed by atoms with van der Waals surface area (Å²) in [6, 6.07) is 10.7. The Morgan fingerprint density at radius 1 is 1.19 bits per heavy atom. The highest BCUT2D eigenvalue weighted by atomic mass is 32.2. The second-order valence-electron chi connectivity index (χ2n) is 4.77. The van der Waals surface area contributed by atoms with E-state index in [9.17, 15) is 8.42 Å². The number of rotatable bonds is 7. The van der Waals surface area contributed by atoms with Gasteiger partial charge in [0.15, 0.2) is 0 Å². The van der Waals surface area contributed by atoms with E-state index in [0.717, 1.165) is 23.4 Å². The topological polar surface area (TPSA) is 58.2 Å². The van der Waals surface area contributed by atoms with Gasteiger partial charge in [0.2, 0.25) is 10.0 Å². The van der Waals surface area contributed by atoms with Crippen LogP contribution in [0, 0.1) is 0 Å². The molecule has 0 radical (unpaired) electrons. The second-order valence-corrected chi connectivity index (χ2v) is 7.47. The van der Waals surface area contributed by atoms with Crippen LogP contribution in [-0.2, 0) is 16.6 Å². The van der Waals surface area contributed by atoms with Crippen LogP contribution in [0.2, 0.25) is 0 Å². The first-order valence-corrected chi connectivity index (χ1v) is 9.22. The summed E-state index contributed by atoms with van der Waals surface area (Å²) < 4.78 is 27.7. The van der Waals surface area contributed by atoms with Gasteiger partial charge in [0.05, 0.1) is 10.9 Å². The van der Waals surface area contributed by atoms with Gasteiger partial charge < -0.3 is 5.32 Å². The van der Waals surface area contributed by atoms with Gasteiger partial charge in [0.1, 0.15) is 0 Å². The summed E-state index contributed by atoms with van der Waals surface area (Å²) in [6.45, 7) is 2.70. The van der Waals surface area contributed by atoms with Crippen LogP contribution in [0.1, 0.15) is 29.8 Å². The Kier molecular flexibility index (Phi) is 5.52. The van der Waals surface area contributed by atoms with Gasteiger partial charge in [0.25, 0.3) is 0 Å². The molecule has 21 heavy (non-hydrogen) atoms. The maximum Gasteiger partial charge on any atom is 0.241 e. The summed E-state index contributed by atoms with van der Waals surface area (Å²) in [5, 5.41) is 5.00. The summed E-state index contributed by atoms with van der Waals surface area (Å²) in [4.78, 5) is 1.34. The van der Waals surface area contributed by atoms with Crippen LogP contribution in [0.3, 0.4) is 0 Å². The van der Waals surface area contributed by atoms with Crippen molar-refractivity contribution >= 4 is 21.4 Å². The molecule has 0 aliphatic heterocycles. The first-order valence-electron chi connectivity index (χ1n) is 6.86. The standard InChI is InChI=1S/C15H20N2O2S2/c1-3-14(15-5-4-10-20-15)17-21(18,19)13-8-6-12(7-9-13)11-16-2/h4-10,14,16-17H,3,11H2,1-2H3. The highest BCUT2D eigenvalue weighted by Crippen LogP contribution is 2.24. The number of hydrogen-bond acceptors (Lipinski definition) is 4. The average molecular weight is 324 g/mol. The Morgan fingerprint density at radius 2 is 1.90 bits per heavy atom. The Labute approximate surface area is 130 Å². The van der Waals surface area contributed by atoms with Gasteiger partial charge in [0, 0.05) is 11.4 Å². The van der Waals surface area contributed by atoms with Crippen LogP contribution in [-0.4, -0.2) is 15.5 Å². The molecule has 2 N–H and O–H groups in total. The Balaban J connectivity index is 2.17. The highest BCUT2D eigenvalue weighted by Gasteiger charge is 2.20. The molecule has 2 rings (SSSR count). The molecule has 0 fully saturated rings. The fourth-order valence-electron chi connectivity index (χ4n) is 2.08. The van der Waals surface area contributed by atoms with Crippen LogP contribution < -0.4 is 10.0 Å². The normalized spacial score (nSPS) is 13.2. The highest BCUT2D eigenvalue weighted by molar-refractivity contribution is 7.89. The fourth-order valence-corrected chi connectivity index (χ4v) is 4.31. The van der Waals surface area contributed by atoms with E-state index in [2.05, 4.69) is 10.0 Å². The average Bonchev–Trinajstić information content (AvgIpc) is 3.00. The Bertz CT molecular complexity index is 649. The summed E-state index contributed by atoms with van der Waals surface area (Å²) in [6.07, 6.45) is 0.720. The summed E-state index contributed by atoms with van der Waals surface area (Å²) in [7, 11) is -1.63. The zero-order valence-electron chi connectivity index (χ0n) is 12.2. The largest absolute Gasteiger partial charge is 0.316 e. The maximum atomic E-state index is 12.4. The lowest BCUT2D eigenvalue weighted by atomic mass is 10.2. The fraction of sp³-hybridized carbons (Fsp3) is 0.333. The van der Waals surface area contributed by atoms with E-state index in [1.807, 2.05) is 43.6 Å². The van der Waals surface area contributed by atoms with E-state index in [4.69, 9.17) is 0 Å². The molecular weight excluding hydrogens is 304 g/mol. The molecule has 1 aromatic carbocycles. The van der Waals surface area contributed by atoms with Crippen LogP contribution in [0.15, 0.2) is 46.7 Å². The molecule has 0 aliphatic rings. The lowest BCUT2D eigenvalue weighted by Crippen LogP contribution is -2.27. The van der Waals surface area contributed by atoms with Gasteiger partial charge >= 0.3 is 0 Å². The molecule has 4 nitrogen and oxygen atoms in total. The number of sulfonamides is 1. The monoisotopic (exact) mass is 324 g/mol. The molecule has 114 valence electrons. The molecule has 0 saturated carbocycles. The molecule has 1 atom stereocenters. The third kappa shape index (κ3) is 4.14. The molecular formula is C15H20N2O2S2. The Morgan fingerprint density at radius 3 is 2.43 bits per heavy atom. The van der Waals surface area contributed by atoms with Crippen molar-refractivity contribution in [2.24, 2.45) is 0 Å². The zero-order valence-corrected chi connectivity index (χ0v) is 13.8. The van der Waals surface area contributed by atoms with E-state index in [1.165, 1.54) is 0 Å². The van der Waals surface area contributed by atoms with E-state index in [-0.39, 0.29) is 6.04 Å². The summed E-state index contributed by atoms with van der Waals surface area (Å²) in [5.74, 6) is 0. The lowest BCUT2D eigenvalue weighted by molar-refractivity contribution is 0.553. The van der Waals surface area contributed by atoms with Crippen molar-refractivity contribution in [3.8, 4) is 0 Å². The van der Waals surface area contributed by atoms with E-state index in [0.29, 0.717) is 4.90 Å². The van der Waals surface area contributed by atoms with Gasteiger partial charge in [-0.25, -0.2) is 13.1 Å². The van der Waals surface area contributed by atoms with Crippen LogP contribution >= 0.6 is 11.3 Å². The van der Waals surface area contributed by atoms with Crippen molar-refractivity contribution in [2.45, 2.75) is 30.8 Å². The minimum Gasteiger partial charge on any atom is -0.316 e. The van der Waals surface area contributed by atoms with Gasteiger partial charge in [-0.1, -0.05) is 25.1 Å². The van der Waals surface area contributed by atoms with Crippen LogP contribution in [0.25, 0.3) is 0 Å². The molecule has 1 heterocycles. The SMILES string of the molecule is CCC(NS(=O)(=O)c1ccc(CNC)cc1)c1cccs1. The predicted molar refractivity (Wildman–Crippen MR) is 86.9 cm³/mol. The van der Waals surface area contributed by atoms with E-state index in [1.54, 1.807) is 23.5 Å². The van der Waals surface area contributed by atoms with Crippen molar-refractivity contribution in [2.75, 3.05) is 7.05 Å². The quantitative estimate of drug-likeness (QED) is 0.823. The van der Waals surface area contributed by atoms with Crippen molar-refractivity contribution < 1.29 is 8.42 Å². The Hall–Kier alpha value is -1.21. The minimum atomic E-state index is -3.49. The molecule has 2 aromatic rings. The van der Waals surface area contributed by atoms with E-state index >= 15 is 0 Å². The van der Waals surface area contributed by atoms with Crippen molar-refractivity contribution in [3.63, 3.8) is 0 Å². The smallest absolute Gasteiger partial charge is 0.241 e. The first kappa shape index (κ1) is 16.2. The van der Waals surface area contributed by atoms with Crippen molar-refractivity contribution in [1.29, 1.82) is 0 Å². The summed E-state index contributed by atoms with van der Waals surface area (Å²) in [5.41, 5.74) is 1.06. The predicted octanol–water partition coefficient (Wildman–Crippen LogP) is 2.90.